The normalized spacial score (nSPS) is 12.6. The Labute approximate surface area is 112 Å². The van der Waals surface area contributed by atoms with Crippen LogP contribution in [0.25, 0.3) is 0 Å². The van der Waals surface area contributed by atoms with Crippen molar-refractivity contribution < 1.29 is 4.74 Å². The minimum Gasteiger partial charge on any atom is -0.385 e. The van der Waals surface area contributed by atoms with Crippen LogP contribution in [-0.2, 0) is 4.74 Å². The molecule has 1 heterocycles. The van der Waals surface area contributed by atoms with Crippen molar-refractivity contribution in [2.75, 3.05) is 20.3 Å². The lowest BCUT2D eigenvalue weighted by molar-refractivity contribution is 0.188. The molecule has 0 spiro atoms. The summed E-state index contributed by atoms with van der Waals surface area (Å²) < 4.78 is 6.18. The van der Waals surface area contributed by atoms with Crippen LogP contribution < -0.4 is 5.32 Å². The zero-order valence-electron chi connectivity index (χ0n) is 10.6. The highest BCUT2D eigenvalue weighted by Gasteiger charge is 2.14. The Kier molecular flexibility index (Phi) is 7.40. The molecule has 0 aromatic carbocycles. The van der Waals surface area contributed by atoms with E-state index >= 15 is 0 Å². The molecule has 0 radical (unpaired) electrons. The third kappa shape index (κ3) is 5.15. The third-order valence-electron chi connectivity index (χ3n) is 2.60. The first-order valence-electron chi connectivity index (χ1n) is 6.12. The molecule has 0 aliphatic carbocycles. The maximum absolute atomic E-state index is 5.10. The topological polar surface area (TPSA) is 34.1 Å². The van der Waals surface area contributed by atoms with Crippen LogP contribution in [0.4, 0.5) is 0 Å². The van der Waals surface area contributed by atoms with E-state index in [4.69, 9.17) is 4.74 Å². The lowest BCUT2D eigenvalue weighted by Crippen LogP contribution is -2.23. The van der Waals surface area contributed by atoms with E-state index in [0.717, 1.165) is 42.6 Å². The van der Waals surface area contributed by atoms with Crippen molar-refractivity contribution in [1.82, 2.24) is 10.3 Å². The molecule has 4 heteroatoms. The van der Waals surface area contributed by atoms with Gasteiger partial charge in [0.05, 0.1) is 11.7 Å². The van der Waals surface area contributed by atoms with Gasteiger partial charge in [-0.05, 0) is 53.9 Å². The van der Waals surface area contributed by atoms with E-state index in [9.17, 15) is 0 Å². The highest BCUT2D eigenvalue weighted by atomic mass is 79.9. The molecule has 1 unspecified atom stereocenters. The molecular formula is C13H21BrN2O. The molecule has 0 aliphatic rings. The molecule has 0 amide bonds. The van der Waals surface area contributed by atoms with Gasteiger partial charge in [-0.3, -0.25) is 4.98 Å². The summed E-state index contributed by atoms with van der Waals surface area (Å²) in [6, 6.07) is 4.29. The fourth-order valence-corrected chi connectivity index (χ4v) is 2.27. The molecular weight excluding hydrogens is 280 g/mol. The Morgan fingerprint density at radius 2 is 2.35 bits per heavy atom. The van der Waals surface area contributed by atoms with Gasteiger partial charge in [-0.25, -0.2) is 0 Å². The molecule has 1 N–H and O–H groups in total. The van der Waals surface area contributed by atoms with Gasteiger partial charge in [0.15, 0.2) is 0 Å². The summed E-state index contributed by atoms with van der Waals surface area (Å²) in [6.45, 7) is 3.99. The minimum atomic E-state index is 0.306. The molecule has 0 aliphatic heterocycles. The standard InChI is InChI=1S/C13H21BrN2O/c1-3-8-15-12(7-5-10-17-2)13-11(14)6-4-9-16-13/h4,6,9,12,15H,3,5,7-8,10H2,1-2H3. The summed E-state index contributed by atoms with van der Waals surface area (Å²) in [6.07, 6.45) is 5.06. The number of nitrogens with zero attached hydrogens (tertiary/aromatic N) is 1. The Morgan fingerprint density at radius 3 is 3.00 bits per heavy atom. The number of aromatic nitrogens is 1. The second-order valence-corrected chi connectivity index (χ2v) is 4.87. The molecule has 1 aromatic heterocycles. The van der Waals surface area contributed by atoms with Crippen molar-refractivity contribution in [1.29, 1.82) is 0 Å². The van der Waals surface area contributed by atoms with Crippen molar-refractivity contribution in [3.05, 3.63) is 28.5 Å². The van der Waals surface area contributed by atoms with Gasteiger partial charge in [0.2, 0.25) is 0 Å². The lowest BCUT2D eigenvalue weighted by Gasteiger charge is -2.19. The molecule has 0 saturated carbocycles. The Balaban J connectivity index is 2.64. The molecule has 0 saturated heterocycles. The van der Waals surface area contributed by atoms with E-state index in [1.807, 2.05) is 18.3 Å². The first kappa shape index (κ1) is 14.6. The third-order valence-corrected chi connectivity index (χ3v) is 3.27. The van der Waals surface area contributed by atoms with E-state index in [-0.39, 0.29) is 0 Å². The predicted octanol–water partition coefficient (Wildman–Crippen LogP) is 3.31. The fraction of sp³-hybridized carbons (Fsp3) is 0.615. The number of hydrogen-bond donors (Lipinski definition) is 1. The van der Waals surface area contributed by atoms with Gasteiger partial charge in [0, 0.05) is 24.4 Å². The molecule has 1 rings (SSSR count). The average Bonchev–Trinajstić information content (AvgIpc) is 2.35. The van der Waals surface area contributed by atoms with Crippen LogP contribution in [0.3, 0.4) is 0 Å². The SMILES string of the molecule is CCCNC(CCCOC)c1ncccc1Br. The molecule has 1 aromatic rings. The maximum atomic E-state index is 5.10. The van der Waals surface area contributed by atoms with Gasteiger partial charge in [0.25, 0.3) is 0 Å². The van der Waals surface area contributed by atoms with Gasteiger partial charge in [0.1, 0.15) is 0 Å². The summed E-state index contributed by atoms with van der Waals surface area (Å²) >= 11 is 3.56. The number of rotatable bonds is 8. The highest BCUT2D eigenvalue weighted by molar-refractivity contribution is 9.10. The van der Waals surface area contributed by atoms with Crippen LogP contribution >= 0.6 is 15.9 Å². The van der Waals surface area contributed by atoms with E-state index < -0.39 is 0 Å². The number of methoxy groups -OCH3 is 1. The Hall–Kier alpha value is -0.450. The number of nitrogens with one attached hydrogen (secondary N) is 1. The summed E-state index contributed by atoms with van der Waals surface area (Å²) in [5.41, 5.74) is 1.09. The summed E-state index contributed by atoms with van der Waals surface area (Å²) in [7, 11) is 1.74. The summed E-state index contributed by atoms with van der Waals surface area (Å²) in [4.78, 5) is 4.46. The fourth-order valence-electron chi connectivity index (χ4n) is 1.74. The molecule has 0 fully saturated rings. The van der Waals surface area contributed by atoms with Crippen molar-refractivity contribution in [2.24, 2.45) is 0 Å². The van der Waals surface area contributed by atoms with Crippen LogP contribution in [-0.4, -0.2) is 25.2 Å². The summed E-state index contributed by atoms with van der Waals surface area (Å²) in [5, 5.41) is 3.54. The van der Waals surface area contributed by atoms with E-state index in [0.29, 0.717) is 6.04 Å². The highest BCUT2D eigenvalue weighted by Crippen LogP contribution is 2.24. The van der Waals surface area contributed by atoms with Crippen LogP contribution in [0.1, 0.15) is 37.9 Å². The van der Waals surface area contributed by atoms with Gasteiger partial charge in [-0.1, -0.05) is 6.92 Å². The average molecular weight is 301 g/mol. The molecule has 96 valence electrons. The smallest absolute Gasteiger partial charge is 0.0714 e. The van der Waals surface area contributed by atoms with Crippen LogP contribution in [0.15, 0.2) is 22.8 Å². The number of pyridine rings is 1. The van der Waals surface area contributed by atoms with Crippen molar-refractivity contribution in [3.8, 4) is 0 Å². The van der Waals surface area contributed by atoms with Gasteiger partial charge < -0.3 is 10.1 Å². The van der Waals surface area contributed by atoms with Crippen molar-refractivity contribution >= 4 is 15.9 Å². The zero-order chi connectivity index (χ0) is 12.5. The molecule has 17 heavy (non-hydrogen) atoms. The van der Waals surface area contributed by atoms with Crippen LogP contribution in [0.2, 0.25) is 0 Å². The quantitative estimate of drug-likeness (QED) is 0.748. The van der Waals surface area contributed by atoms with E-state index in [1.54, 1.807) is 7.11 Å². The monoisotopic (exact) mass is 300 g/mol. The Bertz CT molecular complexity index is 320. The van der Waals surface area contributed by atoms with E-state index in [2.05, 4.69) is 33.2 Å². The lowest BCUT2D eigenvalue weighted by atomic mass is 10.1. The second kappa shape index (κ2) is 8.61. The van der Waals surface area contributed by atoms with Gasteiger partial charge >= 0.3 is 0 Å². The largest absolute Gasteiger partial charge is 0.385 e. The van der Waals surface area contributed by atoms with Crippen molar-refractivity contribution in [2.45, 2.75) is 32.2 Å². The number of hydrogen-bond acceptors (Lipinski definition) is 3. The van der Waals surface area contributed by atoms with Gasteiger partial charge in [-0.2, -0.15) is 0 Å². The second-order valence-electron chi connectivity index (χ2n) is 4.01. The predicted molar refractivity (Wildman–Crippen MR) is 74.1 cm³/mol. The molecule has 0 bridgehead atoms. The molecule has 1 atom stereocenters. The summed E-state index contributed by atoms with van der Waals surface area (Å²) in [5.74, 6) is 0. The maximum Gasteiger partial charge on any atom is 0.0714 e. The van der Waals surface area contributed by atoms with Gasteiger partial charge in [-0.15, -0.1) is 0 Å². The Morgan fingerprint density at radius 1 is 1.53 bits per heavy atom. The first-order valence-corrected chi connectivity index (χ1v) is 6.91. The number of halogens is 1. The zero-order valence-corrected chi connectivity index (χ0v) is 12.2. The first-order chi connectivity index (χ1) is 8.29. The number of ether oxygens (including phenoxy) is 1. The van der Waals surface area contributed by atoms with Crippen LogP contribution in [0.5, 0.6) is 0 Å². The van der Waals surface area contributed by atoms with E-state index in [1.165, 1.54) is 0 Å². The van der Waals surface area contributed by atoms with Crippen LogP contribution in [0, 0.1) is 0 Å². The minimum absolute atomic E-state index is 0.306. The molecule has 3 nitrogen and oxygen atoms in total. The van der Waals surface area contributed by atoms with Crippen molar-refractivity contribution in [3.63, 3.8) is 0 Å².